The molecule has 0 saturated carbocycles. The van der Waals surface area contributed by atoms with Crippen molar-refractivity contribution in [2.45, 2.75) is 0 Å². The Morgan fingerprint density at radius 2 is 1.86 bits per heavy atom. The summed E-state index contributed by atoms with van der Waals surface area (Å²) < 4.78 is 10.4. The predicted octanol–water partition coefficient (Wildman–Crippen LogP) is 3.18. The molecule has 2 aromatic carbocycles. The average Bonchev–Trinajstić information content (AvgIpc) is 2.52. The van der Waals surface area contributed by atoms with Gasteiger partial charge in [-0.3, -0.25) is 4.79 Å². The summed E-state index contributed by atoms with van der Waals surface area (Å²) in [5.74, 6) is 1.21. The van der Waals surface area contributed by atoms with E-state index in [0.29, 0.717) is 22.7 Å². The lowest BCUT2D eigenvalue weighted by Crippen LogP contribution is -2.00. The Morgan fingerprint density at radius 3 is 2.52 bits per heavy atom. The van der Waals surface area contributed by atoms with Crippen LogP contribution in [0.3, 0.4) is 0 Å². The molecule has 21 heavy (non-hydrogen) atoms. The van der Waals surface area contributed by atoms with Crippen LogP contribution in [0.25, 0.3) is 6.08 Å². The maximum Gasteiger partial charge on any atom is 0.187 e. The number of ether oxygens (including phenoxy) is 2. The molecular weight excluding hydrogens is 266 g/mol. The highest BCUT2D eigenvalue weighted by molar-refractivity contribution is 6.10. The van der Waals surface area contributed by atoms with E-state index in [1.807, 2.05) is 0 Å². The highest BCUT2D eigenvalue weighted by Crippen LogP contribution is 2.25. The zero-order chi connectivity index (χ0) is 15.2. The van der Waals surface area contributed by atoms with Gasteiger partial charge in [0.05, 0.1) is 14.2 Å². The fraction of sp³-hybridized carbons (Fsp3) is 0.118. The van der Waals surface area contributed by atoms with Gasteiger partial charge in [0.2, 0.25) is 0 Å². The Balaban J connectivity index is 2.29. The number of allylic oxidation sites excluding steroid dienone is 1. The molecule has 4 nitrogen and oxygen atoms in total. The van der Waals surface area contributed by atoms with Crippen molar-refractivity contribution in [1.82, 2.24) is 0 Å². The summed E-state index contributed by atoms with van der Waals surface area (Å²) in [6.45, 7) is 0. The number of hydrogen-bond acceptors (Lipinski definition) is 4. The summed E-state index contributed by atoms with van der Waals surface area (Å²) in [4.78, 5) is 12.2. The Bertz CT molecular complexity index is 677. The van der Waals surface area contributed by atoms with E-state index < -0.39 is 0 Å². The minimum absolute atomic E-state index is 0.155. The standard InChI is InChI=1S/C17H17NO3/c1-20-13-8-10-17(21-2)12(11-13)7-9-16(19)14-5-3-4-6-15(14)18/h3-11H,18H2,1-2H3/b9-7+. The molecule has 4 heteroatoms. The number of anilines is 1. The predicted molar refractivity (Wildman–Crippen MR) is 83.8 cm³/mol. The SMILES string of the molecule is COc1ccc(OC)c(/C=C/C(=O)c2ccccc2N)c1. The lowest BCUT2D eigenvalue weighted by molar-refractivity contribution is 0.104. The largest absolute Gasteiger partial charge is 0.497 e. The smallest absolute Gasteiger partial charge is 0.187 e. The third-order valence-electron chi connectivity index (χ3n) is 3.08. The fourth-order valence-corrected chi connectivity index (χ4v) is 1.95. The third-order valence-corrected chi connectivity index (χ3v) is 3.08. The molecule has 0 aromatic heterocycles. The molecule has 2 rings (SSSR count). The van der Waals surface area contributed by atoms with Crippen LogP contribution in [0, 0.1) is 0 Å². The van der Waals surface area contributed by atoms with Crippen molar-refractivity contribution in [3.63, 3.8) is 0 Å². The van der Waals surface area contributed by atoms with Crippen molar-refractivity contribution < 1.29 is 14.3 Å². The molecule has 0 aliphatic rings. The number of benzene rings is 2. The van der Waals surface area contributed by atoms with E-state index in [4.69, 9.17) is 15.2 Å². The summed E-state index contributed by atoms with van der Waals surface area (Å²) in [5, 5.41) is 0. The number of para-hydroxylation sites is 1. The first-order valence-electron chi connectivity index (χ1n) is 6.44. The average molecular weight is 283 g/mol. The van der Waals surface area contributed by atoms with Gasteiger partial charge in [-0.15, -0.1) is 0 Å². The number of hydrogen-bond donors (Lipinski definition) is 1. The second-order valence-electron chi connectivity index (χ2n) is 4.39. The lowest BCUT2D eigenvalue weighted by Gasteiger charge is -2.07. The highest BCUT2D eigenvalue weighted by atomic mass is 16.5. The summed E-state index contributed by atoms with van der Waals surface area (Å²) in [5.41, 5.74) is 7.50. The van der Waals surface area contributed by atoms with Gasteiger partial charge in [0, 0.05) is 16.8 Å². The molecule has 0 bridgehead atoms. The van der Waals surface area contributed by atoms with Crippen LogP contribution in [-0.2, 0) is 0 Å². The zero-order valence-electron chi connectivity index (χ0n) is 12.0. The van der Waals surface area contributed by atoms with Crippen molar-refractivity contribution >= 4 is 17.5 Å². The minimum Gasteiger partial charge on any atom is -0.497 e. The van der Waals surface area contributed by atoms with Crippen LogP contribution in [0.4, 0.5) is 5.69 Å². The number of carbonyl (C=O) groups excluding carboxylic acids is 1. The molecule has 0 spiro atoms. The van der Waals surface area contributed by atoms with Crippen LogP contribution in [0.5, 0.6) is 11.5 Å². The van der Waals surface area contributed by atoms with Crippen molar-refractivity contribution in [2.75, 3.05) is 20.0 Å². The van der Waals surface area contributed by atoms with Crippen molar-refractivity contribution in [3.05, 3.63) is 59.7 Å². The van der Waals surface area contributed by atoms with Crippen LogP contribution < -0.4 is 15.2 Å². The molecule has 2 N–H and O–H groups in total. The molecule has 0 saturated heterocycles. The minimum atomic E-state index is -0.155. The third kappa shape index (κ3) is 3.42. The van der Waals surface area contributed by atoms with E-state index in [9.17, 15) is 4.79 Å². The first-order chi connectivity index (χ1) is 10.2. The molecule has 0 fully saturated rings. The van der Waals surface area contributed by atoms with Gasteiger partial charge in [0.15, 0.2) is 5.78 Å². The number of rotatable bonds is 5. The van der Waals surface area contributed by atoms with Gasteiger partial charge in [-0.1, -0.05) is 12.1 Å². The molecular formula is C17H17NO3. The van der Waals surface area contributed by atoms with E-state index in [1.165, 1.54) is 6.08 Å². The van der Waals surface area contributed by atoms with Crippen molar-refractivity contribution in [3.8, 4) is 11.5 Å². The van der Waals surface area contributed by atoms with Crippen LogP contribution in [0.15, 0.2) is 48.5 Å². The lowest BCUT2D eigenvalue weighted by atomic mass is 10.1. The summed E-state index contributed by atoms with van der Waals surface area (Å²) in [6, 6.07) is 12.4. The van der Waals surface area contributed by atoms with Gasteiger partial charge in [-0.2, -0.15) is 0 Å². The van der Waals surface area contributed by atoms with Gasteiger partial charge in [0.1, 0.15) is 11.5 Å². The highest BCUT2D eigenvalue weighted by Gasteiger charge is 2.07. The Morgan fingerprint density at radius 1 is 1.10 bits per heavy atom. The Kier molecular flexibility index (Phi) is 4.61. The van der Waals surface area contributed by atoms with Gasteiger partial charge >= 0.3 is 0 Å². The van der Waals surface area contributed by atoms with E-state index in [0.717, 1.165) is 5.56 Å². The number of carbonyl (C=O) groups is 1. The first-order valence-corrected chi connectivity index (χ1v) is 6.44. The molecule has 108 valence electrons. The number of nitrogen functional groups attached to an aromatic ring is 1. The molecule has 0 aliphatic carbocycles. The Hall–Kier alpha value is -2.75. The monoisotopic (exact) mass is 283 g/mol. The molecule has 0 amide bonds. The molecule has 0 aliphatic heterocycles. The van der Waals surface area contributed by atoms with E-state index in [2.05, 4.69) is 0 Å². The second-order valence-corrected chi connectivity index (χ2v) is 4.39. The maximum absolute atomic E-state index is 12.2. The summed E-state index contributed by atoms with van der Waals surface area (Å²) >= 11 is 0. The molecule has 0 heterocycles. The molecule has 0 radical (unpaired) electrons. The Labute approximate surface area is 123 Å². The quantitative estimate of drug-likeness (QED) is 0.520. The number of methoxy groups -OCH3 is 2. The normalized spacial score (nSPS) is 10.6. The van der Waals surface area contributed by atoms with E-state index in [1.54, 1.807) is 62.8 Å². The second kappa shape index (κ2) is 6.61. The molecule has 0 unspecified atom stereocenters. The summed E-state index contributed by atoms with van der Waals surface area (Å²) in [7, 11) is 3.17. The van der Waals surface area contributed by atoms with Gasteiger partial charge in [-0.05, 0) is 42.5 Å². The van der Waals surface area contributed by atoms with Crippen LogP contribution in [-0.4, -0.2) is 20.0 Å². The van der Waals surface area contributed by atoms with Crippen LogP contribution in [0.1, 0.15) is 15.9 Å². The summed E-state index contributed by atoms with van der Waals surface area (Å²) in [6.07, 6.45) is 3.17. The van der Waals surface area contributed by atoms with Crippen LogP contribution in [0.2, 0.25) is 0 Å². The maximum atomic E-state index is 12.2. The number of nitrogens with two attached hydrogens (primary N) is 1. The van der Waals surface area contributed by atoms with Gasteiger partial charge in [0.25, 0.3) is 0 Å². The van der Waals surface area contributed by atoms with Crippen molar-refractivity contribution in [2.24, 2.45) is 0 Å². The van der Waals surface area contributed by atoms with E-state index in [-0.39, 0.29) is 5.78 Å². The molecule has 0 atom stereocenters. The first kappa shape index (κ1) is 14.7. The topological polar surface area (TPSA) is 61.5 Å². The molecule has 2 aromatic rings. The van der Waals surface area contributed by atoms with Crippen LogP contribution >= 0.6 is 0 Å². The van der Waals surface area contributed by atoms with Gasteiger partial charge in [-0.25, -0.2) is 0 Å². The number of ketones is 1. The van der Waals surface area contributed by atoms with Gasteiger partial charge < -0.3 is 15.2 Å². The fourth-order valence-electron chi connectivity index (χ4n) is 1.95. The van der Waals surface area contributed by atoms with Crippen molar-refractivity contribution in [1.29, 1.82) is 0 Å². The zero-order valence-corrected chi connectivity index (χ0v) is 12.0. The van der Waals surface area contributed by atoms with E-state index >= 15 is 0 Å².